The SMILES string of the molecule is COC(=O)C(CC=Cc1ccc(C2(OC)CCOCC2)cc1)NC(=O)c1c(Cl)cccc1Cl. The van der Waals surface area contributed by atoms with Gasteiger partial charge in [-0.05, 0) is 29.7 Å². The monoisotopic (exact) mass is 491 g/mol. The zero-order valence-electron chi connectivity index (χ0n) is 18.6. The smallest absolute Gasteiger partial charge is 0.328 e. The molecular weight excluding hydrogens is 465 g/mol. The standard InChI is InChI=1S/C25H27Cl2NO5/c1-31-24(30)21(28-23(29)22-19(26)6-4-7-20(22)27)8-3-5-17-9-11-18(12-10-17)25(32-2)13-15-33-16-14-25/h3-7,9-12,21H,8,13-16H2,1-2H3,(H,28,29). The predicted molar refractivity (Wildman–Crippen MR) is 129 cm³/mol. The van der Waals surface area contributed by atoms with Crippen LogP contribution >= 0.6 is 23.2 Å². The lowest BCUT2D eigenvalue weighted by Crippen LogP contribution is -2.41. The molecule has 0 aliphatic carbocycles. The number of esters is 1. The largest absolute Gasteiger partial charge is 0.467 e. The summed E-state index contributed by atoms with van der Waals surface area (Å²) in [6, 6.07) is 12.0. The van der Waals surface area contributed by atoms with E-state index in [9.17, 15) is 9.59 Å². The number of hydrogen-bond donors (Lipinski definition) is 1. The van der Waals surface area contributed by atoms with E-state index in [1.807, 2.05) is 36.4 Å². The van der Waals surface area contributed by atoms with Crippen molar-refractivity contribution in [2.45, 2.75) is 30.9 Å². The lowest BCUT2D eigenvalue weighted by Gasteiger charge is -2.36. The van der Waals surface area contributed by atoms with Gasteiger partial charge in [0.2, 0.25) is 0 Å². The lowest BCUT2D eigenvalue weighted by atomic mass is 9.86. The fourth-order valence-electron chi connectivity index (χ4n) is 3.85. The average Bonchev–Trinajstić information content (AvgIpc) is 2.83. The van der Waals surface area contributed by atoms with Crippen LogP contribution in [0.1, 0.15) is 40.7 Å². The first-order valence-corrected chi connectivity index (χ1v) is 11.4. The lowest BCUT2D eigenvalue weighted by molar-refractivity contribution is -0.142. The second-order valence-corrected chi connectivity index (χ2v) is 8.53. The number of amides is 1. The van der Waals surface area contributed by atoms with Crippen molar-refractivity contribution in [3.63, 3.8) is 0 Å². The Morgan fingerprint density at radius 3 is 2.30 bits per heavy atom. The van der Waals surface area contributed by atoms with E-state index in [0.29, 0.717) is 13.2 Å². The maximum Gasteiger partial charge on any atom is 0.328 e. The molecule has 3 rings (SSSR count). The maximum absolute atomic E-state index is 12.7. The number of carbonyl (C=O) groups is 2. The number of hydrogen-bond acceptors (Lipinski definition) is 5. The molecule has 1 amide bonds. The number of ether oxygens (including phenoxy) is 3. The highest BCUT2D eigenvalue weighted by Gasteiger charge is 2.34. The van der Waals surface area contributed by atoms with Gasteiger partial charge in [0.05, 0.1) is 28.3 Å². The zero-order valence-corrected chi connectivity index (χ0v) is 20.1. The summed E-state index contributed by atoms with van der Waals surface area (Å²) in [6.45, 7) is 1.35. The van der Waals surface area contributed by atoms with E-state index in [1.54, 1.807) is 25.3 Å². The van der Waals surface area contributed by atoms with Crippen molar-refractivity contribution < 1.29 is 23.8 Å². The summed E-state index contributed by atoms with van der Waals surface area (Å²) in [6.07, 6.45) is 5.56. The van der Waals surface area contributed by atoms with Crippen molar-refractivity contribution in [2.24, 2.45) is 0 Å². The van der Waals surface area contributed by atoms with Gasteiger partial charge in [-0.25, -0.2) is 4.79 Å². The summed E-state index contributed by atoms with van der Waals surface area (Å²) in [5.74, 6) is -1.10. The Balaban J connectivity index is 1.68. The summed E-state index contributed by atoms with van der Waals surface area (Å²) in [5, 5.41) is 3.07. The van der Waals surface area contributed by atoms with Crippen molar-refractivity contribution in [3.8, 4) is 0 Å². The molecule has 1 saturated heterocycles. The molecule has 1 fully saturated rings. The third kappa shape index (κ3) is 6.15. The quantitative estimate of drug-likeness (QED) is 0.524. The third-order valence-corrected chi connectivity index (χ3v) is 6.42. The van der Waals surface area contributed by atoms with Gasteiger partial charge in [0, 0.05) is 33.2 Å². The predicted octanol–water partition coefficient (Wildman–Crippen LogP) is 5.02. The molecule has 176 valence electrons. The van der Waals surface area contributed by atoms with Crippen LogP contribution in [-0.2, 0) is 24.6 Å². The van der Waals surface area contributed by atoms with Crippen LogP contribution in [0.2, 0.25) is 10.0 Å². The van der Waals surface area contributed by atoms with Gasteiger partial charge in [-0.2, -0.15) is 0 Å². The molecule has 33 heavy (non-hydrogen) atoms. The van der Waals surface area contributed by atoms with Gasteiger partial charge in [-0.1, -0.05) is 65.7 Å². The van der Waals surface area contributed by atoms with Crippen LogP contribution in [0.5, 0.6) is 0 Å². The molecule has 0 aromatic heterocycles. The fraction of sp³-hybridized carbons (Fsp3) is 0.360. The Hall–Kier alpha value is -2.38. The van der Waals surface area contributed by atoms with E-state index in [0.717, 1.165) is 24.0 Å². The first kappa shape index (κ1) is 25.2. The molecule has 0 bridgehead atoms. The van der Waals surface area contributed by atoms with Gasteiger partial charge >= 0.3 is 5.97 Å². The topological polar surface area (TPSA) is 73.9 Å². The molecule has 0 spiro atoms. The molecule has 2 aromatic carbocycles. The summed E-state index contributed by atoms with van der Waals surface area (Å²) in [4.78, 5) is 24.9. The van der Waals surface area contributed by atoms with Gasteiger partial charge in [0.1, 0.15) is 6.04 Å². The number of nitrogens with one attached hydrogen (secondary N) is 1. The minimum absolute atomic E-state index is 0.120. The molecule has 0 radical (unpaired) electrons. The fourth-order valence-corrected chi connectivity index (χ4v) is 4.42. The number of rotatable bonds is 8. The van der Waals surface area contributed by atoms with E-state index in [4.69, 9.17) is 37.4 Å². The Bertz CT molecular complexity index is 980. The highest BCUT2D eigenvalue weighted by atomic mass is 35.5. The van der Waals surface area contributed by atoms with E-state index in [2.05, 4.69) is 5.32 Å². The minimum Gasteiger partial charge on any atom is -0.467 e. The molecule has 6 nitrogen and oxygen atoms in total. The minimum atomic E-state index is -0.885. The second-order valence-electron chi connectivity index (χ2n) is 7.72. The van der Waals surface area contributed by atoms with Gasteiger partial charge in [-0.15, -0.1) is 0 Å². The number of carbonyl (C=O) groups excluding carboxylic acids is 2. The summed E-state index contributed by atoms with van der Waals surface area (Å²) in [5.41, 5.74) is 1.87. The molecule has 1 unspecified atom stereocenters. The van der Waals surface area contributed by atoms with E-state index >= 15 is 0 Å². The van der Waals surface area contributed by atoms with Crippen LogP contribution < -0.4 is 5.32 Å². The first-order chi connectivity index (χ1) is 15.9. The van der Waals surface area contributed by atoms with Crippen LogP contribution in [0, 0.1) is 0 Å². The zero-order chi connectivity index (χ0) is 23.8. The second kappa shape index (κ2) is 11.7. The highest BCUT2D eigenvalue weighted by Crippen LogP contribution is 2.35. The van der Waals surface area contributed by atoms with E-state index in [-0.39, 0.29) is 27.6 Å². The van der Waals surface area contributed by atoms with Gasteiger partial charge in [-0.3, -0.25) is 4.79 Å². The van der Waals surface area contributed by atoms with Crippen molar-refractivity contribution >= 4 is 41.2 Å². The van der Waals surface area contributed by atoms with Crippen molar-refractivity contribution in [2.75, 3.05) is 27.4 Å². The van der Waals surface area contributed by atoms with Gasteiger partial charge in [0.15, 0.2) is 0 Å². The van der Waals surface area contributed by atoms with E-state index in [1.165, 1.54) is 7.11 Å². The van der Waals surface area contributed by atoms with Crippen molar-refractivity contribution in [3.05, 3.63) is 75.3 Å². The highest BCUT2D eigenvalue weighted by molar-refractivity contribution is 6.39. The molecule has 2 aromatic rings. The normalized spacial score (nSPS) is 16.4. The van der Waals surface area contributed by atoms with Crippen molar-refractivity contribution in [1.29, 1.82) is 0 Å². The molecule has 1 aliphatic heterocycles. The summed E-state index contributed by atoms with van der Waals surface area (Å²) >= 11 is 12.2. The van der Waals surface area contributed by atoms with E-state index < -0.39 is 17.9 Å². The molecule has 0 saturated carbocycles. The average molecular weight is 492 g/mol. The number of benzene rings is 2. The van der Waals surface area contributed by atoms with Crippen LogP contribution in [0.15, 0.2) is 48.5 Å². The number of halogens is 2. The van der Waals surface area contributed by atoms with Gasteiger partial charge in [0.25, 0.3) is 5.91 Å². The molecule has 1 aliphatic rings. The Morgan fingerprint density at radius 1 is 1.09 bits per heavy atom. The molecule has 8 heteroatoms. The van der Waals surface area contributed by atoms with Crippen LogP contribution in [-0.4, -0.2) is 45.4 Å². The Kier molecular flexibility index (Phi) is 8.92. The Morgan fingerprint density at radius 2 is 1.73 bits per heavy atom. The Labute approximate surface area is 203 Å². The molecular formula is C25H27Cl2NO5. The summed E-state index contributed by atoms with van der Waals surface area (Å²) in [7, 11) is 3.00. The van der Waals surface area contributed by atoms with Crippen LogP contribution in [0.3, 0.4) is 0 Å². The van der Waals surface area contributed by atoms with Crippen molar-refractivity contribution in [1.82, 2.24) is 5.32 Å². The summed E-state index contributed by atoms with van der Waals surface area (Å²) < 4.78 is 16.1. The van der Waals surface area contributed by atoms with Crippen LogP contribution in [0.4, 0.5) is 0 Å². The molecule has 1 atom stereocenters. The molecule has 1 N–H and O–H groups in total. The molecule has 1 heterocycles. The number of methoxy groups -OCH3 is 2. The van der Waals surface area contributed by atoms with Gasteiger partial charge < -0.3 is 19.5 Å². The van der Waals surface area contributed by atoms with Crippen LogP contribution in [0.25, 0.3) is 6.08 Å². The first-order valence-electron chi connectivity index (χ1n) is 10.6. The third-order valence-electron chi connectivity index (χ3n) is 5.79. The maximum atomic E-state index is 12.7.